The molecule has 3 atom stereocenters. The van der Waals surface area contributed by atoms with E-state index in [1.165, 1.54) is 0 Å². The predicted octanol–water partition coefficient (Wildman–Crippen LogP) is 2.49. The molecule has 0 saturated heterocycles. The lowest BCUT2D eigenvalue weighted by Crippen LogP contribution is -2.51. The third-order valence-electron chi connectivity index (χ3n) is 5.04. The molecule has 0 aromatic heterocycles. The molecule has 0 heterocycles. The number of amides is 3. The molecule has 0 spiro atoms. The zero-order chi connectivity index (χ0) is 20.5. The molecule has 3 amide bonds. The molecule has 2 rings (SSSR count). The van der Waals surface area contributed by atoms with Crippen LogP contribution >= 0.6 is 0 Å². The van der Waals surface area contributed by atoms with Crippen LogP contribution in [0, 0.1) is 11.8 Å². The summed E-state index contributed by atoms with van der Waals surface area (Å²) in [5.41, 5.74) is 0.869. The van der Waals surface area contributed by atoms with Crippen molar-refractivity contribution in [2.45, 2.75) is 51.8 Å². The van der Waals surface area contributed by atoms with Gasteiger partial charge in [-0.1, -0.05) is 44.2 Å². The minimum Gasteiger partial charge on any atom is -0.465 e. The van der Waals surface area contributed by atoms with E-state index in [1.54, 1.807) is 0 Å². The number of hydrogen-bond acceptors (Lipinski definition) is 4. The van der Waals surface area contributed by atoms with Crippen LogP contribution in [0.4, 0.5) is 9.59 Å². The molecule has 154 valence electrons. The zero-order valence-corrected chi connectivity index (χ0v) is 16.3. The van der Waals surface area contributed by atoms with Gasteiger partial charge in [0.15, 0.2) is 0 Å². The van der Waals surface area contributed by atoms with Crippen LogP contribution in [0.5, 0.6) is 0 Å². The Morgan fingerprint density at radius 3 is 2.50 bits per heavy atom. The van der Waals surface area contributed by atoms with Crippen LogP contribution in [0.3, 0.4) is 0 Å². The number of carbonyl (C=O) groups is 3. The number of carbonyl (C=O) groups excluding carboxylic acids is 2. The SMILES string of the molecule is CC(C)[C@@H]1C[C@H](NC(=O)O)CC[C@@H]1NC(=O)CNC(=O)OCc1ccccc1. The average Bonchev–Trinajstić information content (AvgIpc) is 2.66. The lowest BCUT2D eigenvalue weighted by atomic mass is 9.75. The highest BCUT2D eigenvalue weighted by Gasteiger charge is 2.33. The van der Waals surface area contributed by atoms with Crippen molar-refractivity contribution in [2.75, 3.05) is 6.54 Å². The maximum absolute atomic E-state index is 12.2. The van der Waals surface area contributed by atoms with E-state index in [4.69, 9.17) is 9.84 Å². The number of carboxylic acid groups (broad SMARTS) is 1. The first-order valence-corrected chi connectivity index (χ1v) is 9.58. The molecule has 1 aromatic rings. The summed E-state index contributed by atoms with van der Waals surface area (Å²) in [6.07, 6.45) is 0.383. The van der Waals surface area contributed by atoms with E-state index < -0.39 is 12.2 Å². The Morgan fingerprint density at radius 1 is 1.14 bits per heavy atom. The average molecular weight is 391 g/mol. The summed E-state index contributed by atoms with van der Waals surface area (Å²) in [6.45, 7) is 4.11. The Labute approximate surface area is 165 Å². The van der Waals surface area contributed by atoms with Gasteiger partial charge in [0.1, 0.15) is 13.2 Å². The van der Waals surface area contributed by atoms with Crippen molar-refractivity contribution in [1.82, 2.24) is 16.0 Å². The van der Waals surface area contributed by atoms with Gasteiger partial charge in [0, 0.05) is 12.1 Å². The Morgan fingerprint density at radius 2 is 1.86 bits per heavy atom. The molecule has 1 aliphatic carbocycles. The second kappa shape index (κ2) is 10.5. The van der Waals surface area contributed by atoms with Gasteiger partial charge in [0.25, 0.3) is 0 Å². The van der Waals surface area contributed by atoms with Gasteiger partial charge in [-0.25, -0.2) is 9.59 Å². The predicted molar refractivity (Wildman–Crippen MR) is 104 cm³/mol. The van der Waals surface area contributed by atoms with Gasteiger partial charge < -0.3 is 25.8 Å². The molecule has 1 aliphatic rings. The number of alkyl carbamates (subject to hydrolysis) is 1. The molecule has 28 heavy (non-hydrogen) atoms. The number of nitrogens with one attached hydrogen (secondary N) is 3. The van der Waals surface area contributed by atoms with Crippen molar-refractivity contribution in [2.24, 2.45) is 11.8 Å². The van der Waals surface area contributed by atoms with Gasteiger partial charge >= 0.3 is 12.2 Å². The van der Waals surface area contributed by atoms with Gasteiger partial charge in [0.2, 0.25) is 5.91 Å². The Balaban J connectivity index is 1.75. The van der Waals surface area contributed by atoms with E-state index in [2.05, 4.69) is 29.8 Å². The molecule has 1 aromatic carbocycles. The molecule has 1 saturated carbocycles. The van der Waals surface area contributed by atoms with Crippen LogP contribution in [0.25, 0.3) is 0 Å². The lowest BCUT2D eigenvalue weighted by Gasteiger charge is -2.38. The summed E-state index contributed by atoms with van der Waals surface area (Å²) >= 11 is 0. The van der Waals surface area contributed by atoms with E-state index in [0.29, 0.717) is 25.2 Å². The molecule has 0 aliphatic heterocycles. The lowest BCUT2D eigenvalue weighted by molar-refractivity contribution is -0.121. The van der Waals surface area contributed by atoms with Crippen LogP contribution < -0.4 is 16.0 Å². The Hall–Kier alpha value is -2.77. The zero-order valence-electron chi connectivity index (χ0n) is 16.3. The number of rotatable bonds is 7. The molecule has 8 heteroatoms. The van der Waals surface area contributed by atoms with Crippen molar-refractivity contribution >= 4 is 18.1 Å². The Bertz CT molecular complexity index is 665. The van der Waals surface area contributed by atoms with E-state index in [-0.39, 0.29) is 37.1 Å². The molecular formula is C20H29N3O5. The first kappa shape index (κ1) is 21.5. The van der Waals surface area contributed by atoms with E-state index in [9.17, 15) is 14.4 Å². The maximum atomic E-state index is 12.2. The number of benzene rings is 1. The fourth-order valence-electron chi connectivity index (χ4n) is 3.61. The molecule has 0 bridgehead atoms. The van der Waals surface area contributed by atoms with Crippen LogP contribution in [0.1, 0.15) is 38.7 Å². The minimum atomic E-state index is -1.02. The van der Waals surface area contributed by atoms with Crippen molar-refractivity contribution in [3.05, 3.63) is 35.9 Å². The van der Waals surface area contributed by atoms with Crippen LogP contribution in [0.2, 0.25) is 0 Å². The highest BCUT2D eigenvalue weighted by Crippen LogP contribution is 2.30. The molecule has 4 N–H and O–H groups in total. The smallest absolute Gasteiger partial charge is 0.407 e. The molecule has 1 fully saturated rings. The fourth-order valence-corrected chi connectivity index (χ4v) is 3.61. The summed E-state index contributed by atoms with van der Waals surface area (Å²) in [7, 11) is 0. The standard InChI is InChI=1S/C20H29N3O5/c1-13(2)16-10-15(22-19(25)26)8-9-17(16)23-18(24)11-21-20(27)28-12-14-6-4-3-5-7-14/h3-7,13,15-17,22H,8-12H2,1-2H3,(H,21,27)(H,23,24)(H,25,26)/t15-,16+,17+/m1/s1. The third-order valence-corrected chi connectivity index (χ3v) is 5.04. The summed E-state index contributed by atoms with van der Waals surface area (Å²) in [5, 5.41) is 16.9. The van der Waals surface area contributed by atoms with Crippen molar-refractivity contribution in [1.29, 1.82) is 0 Å². The van der Waals surface area contributed by atoms with Crippen molar-refractivity contribution in [3.8, 4) is 0 Å². The molecule has 8 nitrogen and oxygen atoms in total. The van der Waals surface area contributed by atoms with Gasteiger partial charge in [-0.15, -0.1) is 0 Å². The summed E-state index contributed by atoms with van der Waals surface area (Å²) in [5.74, 6) is 0.184. The third kappa shape index (κ3) is 7.09. The first-order chi connectivity index (χ1) is 13.3. The van der Waals surface area contributed by atoms with Gasteiger partial charge in [-0.05, 0) is 36.7 Å². The fraction of sp³-hybridized carbons (Fsp3) is 0.550. The topological polar surface area (TPSA) is 117 Å². The van der Waals surface area contributed by atoms with Gasteiger partial charge in [-0.3, -0.25) is 4.79 Å². The summed E-state index contributed by atoms with van der Waals surface area (Å²) in [6, 6.07) is 9.16. The number of hydrogen-bond donors (Lipinski definition) is 4. The van der Waals surface area contributed by atoms with Crippen molar-refractivity contribution < 1.29 is 24.2 Å². The summed E-state index contributed by atoms with van der Waals surface area (Å²) in [4.78, 5) is 34.8. The first-order valence-electron chi connectivity index (χ1n) is 9.58. The van der Waals surface area contributed by atoms with Gasteiger partial charge in [-0.2, -0.15) is 0 Å². The van der Waals surface area contributed by atoms with E-state index >= 15 is 0 Å². The highest BCUT2D eigenvalue weighted by atomic mass is 16.5. The highest BCUT2D eigenvalue weighted by molar-refractivity contribution is 5.82. The van der Waals surface area contributed by atoms with Crippen LogP contribution in [0.15, 0.2) is 30.3 Å². The van der Waals surface area contributed by atoms with E-state index in [0.717, 1.165) is 5.56 Å². The van der Waals surface area contributed by atoms with Crippen LogP contribution in [-0.4, -0.2) is 41.8 Å². The maximum Gasteiger partial charge on any atom is 0.407 e. The van der Waals surface area contributed by atoms with E-state index in [1.807, 2.05) is 30.3 Å². The monoisotopic (exact) mass is 391 g/mol. The normalized spacial score (nSPS) is 21.6. The minimum absolute atomic E-state index is 0.0403. The van der Waals surface area contributed by atoms with Crippen molar-refractivity contribution in [3.63, 3.8) is 0 Å². The Kier molecular flexibility index (Phi) is 8.10. The molecule has 0 unspecified atom stereocenters. The van der Waals surface area contributed by atoms with Crippen LogP contribution in [-0.2, 0) is 16.1 Å². The molecule has 0 radical (unpaired) electrons. The van der Waals surface area contributed by atoms with Gasteiger partial charge in [0.05, 0.1) is 0 Å². The second-order valence-electron chi connectivity index (χ2n) is 7.46. The summed E-state index contributed by atoms with van der Waals surface area (Å²) < 4.78 is 5.08. The largest absolute Gasteiger partial charge is 0.465 e. The molecular weight excluding hydrogens is 362 g/mol. The second-order valence-corrected chi connectivity index (χ2v) is 7.46. The number of ether oxygens (including phenoxy) is 1. The quantitative estimate of drug-likeness (QED) is 0.570.